The Kier molecular flexibility index (Phi) is 4.21. The summed E-state index contributed by atoms with van der Waals surface area (Å²) in [6, 6.07) is 11.0. The van der Waals surface area contributed by atoms with Crippen LogP contribution in [0.1, 0.15) is 37.0 Å². The highest BCUT2D eigenvalue weighted by atomic mass is 16.1. The number of hydrogen-bond acceptors (Lipinski definition) is 4. The minimum Gasteiger partial charge on any atom is -0.350 e. The van der Waals surface area contributed by atoms with Crippen LogP contribution in [0.15, 0.2) is 36.4 Å². The lowest BCUT2D eigenvalue weighted by molar-refractivity contribution is 0.102. The van der Waals surface area contributed by atoms with E-state index in [0.717, 1.165) is 11.4 Å². The number of anilines is 2. The van der Waals surface area contributed by atoms with Crippen molar-refractivity contribution in [2.75, 3.05) is 10.6 Å². The van der Waals surface area contributed by atoms with Crippen LogP contribution in [0.3, 0.4) is 0 Å². The second kappa shape index (κ2) is 5.91. The first-order chi connectivity index (χ1) is 9.83. The quantitative estimate of drug-likeness (QED) is 0.908. The monoisotopic (exact) mass is 284 g/mol. The van der Waals surface area contributed by atoms with Crippen molar-refractivity contribution >= 4 is 17.5 Å². The molecule has 2 rings (SSSR count). The summed E-state index contributed by atoms with van der Waals surface area (Å²) >= 11 is 0. The topological polar surface area (TPSA) is 66.9 Å². The Labute approximate surface area is 124 Å². The minimum absolute atomic E-state index is 0.166. The number of hydrogen-bond donors (Lipinski definition) is 2. The zero-order valence-electron chi connectivity index (χ0n) is 12.8. The van der Waals surface area contributed by atoms with Crippen LogP contribution in [-0.2, 0) is 0 Å². The van der Waals surface area contributed by atoms with Gasteiger partial charge < -0.3 is 10.6 Å². The van der Waals surface area contributed by atoms with Gasteiger partial charge in [0.25, 0.3) is 5.91 Å². The van der Waals surface area contributed by atoms with Crippen molar-refractivity contribution in [1.29, 1.82) is 0 Å². The van der Waals surface area contributed by atoms with Gasteiger partial charge in [-0.25, -0.2) is 9.97 Å². The van der Waals surface area contributed by atoms with Crippen LogP contribution in [0.5, 0.6) is 0 Å². The van der Waals surface area contributed by atoms with Crippen LogP contribution in [0, 0.1) is 6.92 Å². The molecule has 1 heterocycles. The van der Waals surface area contributed by atoms with Gasteiger partial charge in [0.15, 0.2) is 0 Å². The molecule has 1 aromatic carbocycles. The van der Waals surface area contributed by atoms with Crippen molar-refractivity contribution in [3.63, 3.8) is 0 Å². The van der Waals surface area contributed by atoms with Crippen LogP contribution < -0.4 is 10.6 Å². The summed E-state index contributed by atoms with van der Waals surface area (Å²) in [5.74, 6) is 0.212. The van der Waals surface area contributed by atoms with Gasteiger partial charge in [-0.1, -0.05) is 18.2 Å². The second-order valence-corrected chi connectivity index (χ2v) is 5.91. The summed E-state index contributed by atoms with van der Waals surface area (Å²) in [6.45, 7) is 7.89. The van der Waals surface area contributed by atoms with Gasteiger partial charge in [-0.15, -0.1) is 0 Å². The van der Waals surface area contributed by atoms with E-state index in [0.29, 0.717) is 11.6 Å². The maximum atomic E-state index is 12.3. The third-order valence-corrected chi connectivity index (χ3v) is 2.61. The van der Waals surface area contributed by atoms with E-state index in [1.807, 2.05) is 58.0 Å². The molecule has 21 heavy (non-hydrogen) atoms. The van der Waals surface area contributed by atoms with E-state index in [2.05, 4.69) is 20.6 Å². The maximum Gasteiger partial charge on any atom is 0.274 e. The van der Waals surface area contributed by atoms with Crippen molar-refractivity contribution in [3.8, 4) is 0 Å². The molecule has 0 aliphatic carbocycles. The Morgan fingerprint density at radius 2 is 1.76 bits per heavy atom. The summed E-state index contributed by atoms with van der Waals surface area (Å²) in [7, 11) is 0. The Hall–Kier alpha value is -2.43. The summed E-state index contributed by atoms with van der Waals surface area (Å²) in [4.78, 5) is 20.8. The molecule has 0 aliphatic rings. The molecular formula is C16H20N4O. The standard InChI is InChI=1S/C16H20N4O/c1-11-10-13(19-15(17-11)20-16(2,3)4)14(21)18-12-8-6-5-7-9-12/h5-10H,1-4H3,(H,18,21)(H,17,19,20). The van der Waals surface area contributed by atoms with Crippen molar-refractivity contribution in [1.82, 2.24) is 9.97 Å². The van der Waals surface area contributed by atoms with Crippen LogP contribution in [0.25, 0.3) is 0 Å². The molecule has 2 aromatic rings. The lowest BCUT2D eigenvalue weighted by Crippen LogP contribution is -2.28. The minimum atomic E-state index is -0.247. The average Bonchev–Trinajstić information content (AvgIpc) is 2.37. The zero-order valence-corrected chi connectivity index (χ0v) is 12.8. The number of amides is 1. The van der Waals surface area contributed by atoms with Crippen LogP contribution in [-0.4, -0.2) is 21.4 Å². The van der Waals surface area contributed by atoms with Gasteiger partial charge in [-0.3, -0.25) is 4.79 Å². The van der Waals surface area contributed by atoms with E-state index < -0.39 is 0 Å². The van der Waals surface area contributed by atoms with E-state index in [-0.39, 0.29) is 11.4 Å². The van der Waals surface area contributed by atoms with Crippen molar-refractivity contribution in [2.24, 2.45) is 0 Å². The summed E-state index contributed by atoms with van der Waals surface area (Å²) < 4.78 is 0. The average molecular weight is 284 g/mol. The largest absolute Gasteiger partial charge is 0.350 e. The Morgan fingerprint density at radius 1 is 1.10 bits per heavy atom. The van der Waals surface area contributed by atoms with Gasteiger partial charge in [0.05, 0.1) is 0 Å². The van der Waals surface area contributed by atoms with Gasteiger partial charge in [0.1, 0.15) is 5.69 Å². The normalized spacial score (nSPS) is 11.0. The number of nitrogens with one attached hydrogen (secondary N) is 2. The fourth-order valence-electron chi connectivity index (χ4n) is 1.79. The van der Waals surface area contributed by atoms with Gasteiger partial charge >= 0.3 is 0 Å². The van der Waals surface area contributed by atoms with E-state index in [1.54, 1.807) is 6.07 Å². The Morgan fingerprint density at radius 3 is 2.38 bits per heavy atom. The third kappa shape index (κ3) is 4.56. The highest BCUT2D eigenvalue weighted by Gasteiger charge is 2.15. The van der Waals surface area contributed by atoms with Gasteiger partial charge in [-0.2, -0.15) is 0 Å². The number of nitrogens with zero attached hydrogens (tertiary/aromatic N) is 2. The molecule has 0 spiro atoms. The predicted molar refractivity (Wildman–Crippen MR) is 84.5 cm³/mol. The molecule has 5 nitrogen and oxygen atoms in total. The maximum absolute atomic E-state index is 12.3. The molecule has 1 amide bonds. The number of rotatable bonds is 3. The van der Waals surface area contributed by atoms with Gasteiger partial charge in [-0.05, 0) is 45.9 Å². The van der Waals surface area contributed by atoms with Gasteiger partial charge in [0, 0.05) is 16.9 Å². The van der Waals surface area contributed by atoms with Crippen molar-refractivity contribution < 1.29 is 4.79 Å². The summed E-state index contributed by atoms with van der Waals surface area (Å²) in [5, 5.41) is 6.00. The highest BCUT2D eigenvalue weighted by Crippen LogP contribution is 2.13. The van der Waals surface area contributed by atoms with E-state index in [1.165, 1.54) is 0 Å². The molecular weight excluding hydrogens is 264 g/mol. The first kappa shape index (κ1) is 15.0. The fourth-order valence-corrected chi connectivity index (χ4v) is 1.79. The second-order valence-electron chi connectivity index (χ2n) is 5.91. The van der Waals surface area contributed by atoms with E-state index >= 15 is 0 Å². The highest BCUT2D eigenvalue weighted by molar-refractivity contribution is 6.03. The Balaban J connectivity index is 2.21. The first-order valence-electron chi connectivity index (χ1n) is 6.84. The van der Waals surface area contributed by atoms with Gasteiger partial charge in [0.2, 0.25) is 5.95 Å². The summed E-state index contributed by atoms with van der Waals surface area (Å²) in [6.07, 6.45) is 0. The molecule has 0 saturated heterocycles. The van der Waals surface area contributed by atoms with E-state index in [4.69, 9.17) is 0 Å². The van der Waals surface area contributed by atoms with Crippen molar-refractivity contribution in [3.05, 3.63) is 47.8 Å². The molecule has 2 N–H and O–H groups in total. The van der Waals surface area contributed by atoms with Crippen LogP contribution >= 0.6 is 0 Å². The van der Waals surface area contributed by atoms with E-state index in [9.17, 15) is 4.79 Å². The predicted octanol–water partition coefficient (Wildman–Crippen LogP) is 3.25. The molecule has 0 unspecified atom stereocenters. The van der Waals surface area contributed by atoms with Crippen LogP contribution in [0.4, 0.5) is 11.6 Å². The summed E-state index contributed by atoms with van der Waals surface area (Å²) in [5.41, 5.74) is 1.66. The lowest BCUT2D eigenvalue weighted by Gasteiger charge is -2.20. The SMILES string of the molecule is Cc1cc(C(=O)Nc2ccccc2)nc(NC(C)(C)C)n1. The first-order valence-corrected chi connectivity index (χ1v) is 6.84. The lowest BCUT2D eigenvalue weighted by atomic mass is 10.1. The molecule has 1 aromatic heterocycles. The molecule has 0 bridgehead atoms. The number of para-hydroxylation sites is 1. The smallest absolute Gasteiger partial charge is 0.274 e. The molecule has 5 heteroatoms. The molecule has 110 valence electrons. The fraction of sp³-hybridized carbons (Fsp3) is 0.312. The molecule has 0 radical (unpaired) electrons. The van der Waals surface area contributed by atoms with Crippen molar-refractivity contribution in [2.45, 2.75) is 33.2 Å². The van der Waals surface area contributed by atoms with Crippen LogP contribution in [0.2, 0.25) is 0 Å². The molecule has 0 fully saturated rings. The number of carbonyl (C=O) groups excluding carboxylic acids is 1. The Bertz CT molecular complexity index is 632. The molecule has 0 atom stereocenters. The molecule has 0 aliphatic heterocycles. The number of aryl methyl sites for hydroxylation is 1. The third-order valence-electron chi connectivity index (χ3n) is 2.61. The number of carbonyl (C=O) groups is 1. The molecule has 0 saturated carbocycles. The zero-order chi connectivity index (χ0) is 15.5. The number of aromatic nitrogens is 2. The number of benzene rings is 1.